The lowest BCUT2D eigenvalue weighted by Gasteiger charge is -2.29. The Kier molecular flexibility index (Phi) is 4.73. The Labute approximate surface area is 136 Å². The fourth-order valence-electron chi connectivity index (χ4n) is 3.17. The Morgan fingerprint density at radius 2 is 2.09 bits per heavy atom. The number of aryl methyl sites for hydroxylation is 1. The molecule has 23 heavy (non-hydrogen) atoms. The standard InChI is InChI=1S/C17H24FN5/c1-12-9-14(18)3-4-17(12)13(2)23-11-16(20-21-23)10-22-7-5-15(19)6-8-22/h3-4,9,11,13,15H,5-8,10,19H2,1-2H3/t13-/m0/s1. The molecule has 124 valence electrons. The average Bonchev–Trinajstić information content (AvgIpc) is 2.97. The van der Waals surface area contributed by atoms with E-state index in [9.17, 15) is 4.39 Å². The molecule has 0 aliphatic carbocycles. The second kappa shape index (κ2) is 6.76. The lowest BCUT2D eigenvalue weighted by atomic mass is 10.0. The number of aromatic nitrogens is 3. The van der Waals surface area contributed by atoms with E-state index in [2.05, 4.69) is 22.1 Å². The van der Waals surface area contributed by atoms with Crippen molar-refractivity contribution in [1.29, 1.82) is 0 Å². The molecule has 1 aromatic heterocycles. The van der Waals surface area contributed by atoms with E-state index in [1.807, 2.05) is 23.9 Å². The minimum Gasteiger partial charge on any atom is -0.328 e. The van der Waals surface area contributed by atoms with Crippen molar-refractivity contribution in [1.82, 2.24) is 19.9 Å². The van der Waals surface area contributed by atoms with Gasteiger partial charge in [-0.3, -0.25) is 4.90 Å². The lowest BCUT2D eigenvalue weighted by Crippen LogP contribution is -2.39. The first-order chi connectivity index (χ1) is 11.0. The molecule has 6 heteroatoms. The van der Waals surface area contributed by atoms with Crippen LogP contribution < -0.4 is 5.73 Å². The Morgan fingerprint density at radius 3 is 2.78 bits per heavy atom. The molecule has 3 rings (SSSR count). The van der Waals surface area contributed by atoms with Crippen LogP contribution in [0.25, 0.3) is 0 Å². The Bertz CT molecular complexity index is 661. The van der Waals surface area contributed by atoms with Crippen LogP contribution in [0.3, 0.4) is 0 Å². The molecule has 1 fully saturated rings. The van der Waals surface area contributed by atoms with Gasteiger partial charge in [0.05, 0.1) is 17.9 Å². The van der Waals surface area contributed by atoms with Crippen LogP contribution in [0.2, 0.25) is 0 Å². The van der Waals surface area contributed by atoms with Crippen molar-refractivity contribution in [3.05, 3.63) is 47.0 Å². The predicted molar refractivity (Wildman–Crippen MR) is 87.5 cm³/mol. The minimum atomic E-state index is -0.207. The van der Waals surface area contributed by atoms with Crippen molar-refractivity contribution >= 4 is 0 Å². The molecule has 0 radical (unpaired) electrons. The number of hydrogen-bond acceptors (Lipinski definition) is 4. The van der Waals surface area contributed by atoms with E-state index in [1.54, 1.807) is 6.07 Å². The van der Waals surface area contributed by atoms with Gasteiger partial charge in [-0.25, -0.2) is 9.07 Å². The highest BCUT2D eigenvalue weighted by Crippen LogP contribution is 2.22. The van der Waals surface area contributed by atoms with Gasteiger partial charge in [0, 0.05) is 25.7 Å². The summed E-state index contributed by atoms with van der Waals surface area (Å²) in [5, 5.41) is 8.55. The molecule has 1 saturated heterocycles. The largest absolute Gasteiger partial charge is 0.328 e. The van der Waals surface area contributed by atoms with Crippen LogP contribution in [0, 0.1) is 12.7 Å². The van der Waals surface area contributed by atoms with Gasteiger partial charge in [-0.1, -0.05) is 11.3 Å². The van der Waals surface area contributed by atoms with E-state index < -0.39 is 0 Å². The first-order valence-electron chi connectivity index (χ1n) is 8.17. The van der Waals surface area contributed by atoms with Gasteiger partial charge in [0.1, 0.15) is 5.82 Å². The fourth-order valence-corrected chi connectivity index (χ4v) is 3.17. The smallest absolute Gasteiger partial charge is 0.123 e. The van der Waals surface area contributed by atoms with E-state index in [0.29, 0.717) is 6.04 Å². The van der Waals surface area contributed by atoms with Crippen molar-refractivity contribution < 1.29 is 4.39 Å². The normalized spacial score (nSPS) is 18.3. The monoisotopic (exact) mass is 317 g/mol. The molecular weight excluding hydrogens is 293 g/mol. The quantitative estimate of drug-likeness (QED) is 0.939. The summed E-state index contributed by atoms with van der Waals surface area (Å²) in [6.45, 7) is 6.81. The molecule has 2 N–H and O–H groups in total. The van der Waals surface area contributed by atoms with E-state index in [4.69, 9.17) is 5.73 Å². The Morgan fingerprint density at radius 1 is 1.35 bits per heavy atom. The van der Waals surface area contributed by atoms with Gasteiger partial charge < -0.3 is 5.73 Å². The molecule has 2 heterocycles. The first-order valence-corrected chi connectivity index (χ1v) is 8.17. The molecule has 0 saturated carbocycles. The summed E-state index contributed by atoms with van der Waals surface area (Å²) in [4.78, 5) is 2.37. The molecule has 0 unspecified atom stereocenters. The SMILES string of the molecule is Cc1cc(F)ccc1[C@H](C)n1cc(CN2CCC(N)CC2)nn1. The third kappa shape index (κ3) is 3.76. The highest BCUT2D eigenvalue weighted by Gasteiger charge is 2.18. The number of nitrogens with zero attached hydrogens (tertiary/aromatic N) is 4. The number of hydrogen-bond donors (Lipinski definition) is 1. The maximum atomic E-state index is 13.3. The third-order valence-corrected chi connectivity index (χ3v) is 4.65. The molecule has 1 atom stereocenters. The van der Waals surface area contributed by atoms with E-state index >= 15 is 0 Å². The number of halogens is 1. The number of piperidine rings is 1. The van der Waals surface area contributed by atoms with E-state index in [1.165, 1.54) is 6.07 Å². The maximum absolute atomic E-state index is 13.3. The van der Waals surface area contributed by atoms with Crippen molar-refractivity contribution in [2.45, 2.75) is 45.3 Å². The van der Waals surface area contributed by atoms with Gasteiger partial charge >= 0.3 is 0 Å². The van der Waals surface area contributed by atoms with Crippen LogP contribution >= 0.6 is 0 Å². The van der Waals surface area contributed by atoms with Crippen molar-refractivity contribution in [2.75, 3.05) is 13.1 Å². The van der Waals surface area contributed by atoms with Gasteiger partial charge in [0.15, 0.2) is 0 Å². The zero-order valence-electron chi connectivity index (χ0n) is 13.7. The Balaban J connectivity index is 1.68. The van der Waals surface area contributed by atoms with Crippen LogP contribution in [0.5, 0.6) is 0 Å². The zero-order chi connectivity index (χ0) is 16.4. The second-order valence-electron chi connectivity index (χ2n) is 6.48. The molecular formula is C17H24FN5. The molecule has 0 amide bonds. The van der Waals surface area contributed by atoms with Crippen LogP contribution in [0.4, 0.5) is 4.39 Å². The van der Waals surface area contributed by atoms with E-state index in [0.717, 1.165) is 49.3 Å². The fraction of sp³-hybridized carbons (Fsp3) is 0.529. The lowest BCUT2D eigenvalue weighted by molar-refractivity contribution is 0.203. The van der Waals surface area contributed by atoms with Crippen LogP contribution in [0.1, 0.15) is 42.6 Å². The van der Waals surface area contributed by atoms with E-state index in [-0.39, 0.29) is 11.9 Å². The van der Waals surface area contributed by atoms with Crippen LogP contribution in [0.15, 0.2) is 24.4 Å². The van der Waals surface area contributed by atoms with Crippen LogP contribution in [-0.4, -0.2) is 39.0 Å². The molecule has 0 spiro atoms. The molecule has 5 nitrogen and oxygen atoms in total. The van der Waals surface area contributed by atoms with Crippen molar-refractivity contribution in [3.8, 4) is 0 Å². The second-order valence-corrected chi connectivity index (χ2v) is 6.48. The zero-order valence-corrected chi connectivity index (χ0v) is 13.7. The maximum Gasteiger partial charge on any atom is 0.123 e. The molecule has 0 bridgehead atoms. The number of benzene rings is 1. The molecule has 2 aromatic rings. The summed E-state index contributed by atoms with van der Waals surface area (Å²) >= 11 is 0. The van der Waals surface area contributed by atoms with Gasteiger partial charge in [0.25, 0.3) is 0 Å². The molecule has 1 aromatic carbocycles. The summed E-state index contributed by atoms with van der Waals surface area (Å²) < 4.78 is 15.1. The Hall–Kier alpha value is -1.79. The summed E-state index contributed by atoms with van der Waals surface area (Å²) in [5.41, 5.74) is 8.89. The van der Waals surface area contributed by atoms with Crippen LogP contribution in [-0.2, 0) is 6.54 Å². The topological polar surface area (TPSA) is 60.0 Å². The van der Waals surface area contributed by atoms with Gasteiger partial charge in [0.2, 0.25) is 0 Å². The summed E-state index contributed by atoms with van der Waals surface area (Å²) in [7, 11) is 0. The highest BCUT2D eigenvalue weighted by atomic mass is 19.1. The number of rotatable bonds is 4. The molecule has 1 aliphatic rings. The summed E-state index contributed by atoms with van der Waals surface area (Å²) in [5.74, 6) is -0.207. The predicted octanol–water partition coefficient (Wildman–Crippen LogP) is 2.26. The van der Waals surface area contributed by atoms with Gasteiger partial charge in [-0.15, -0.1) is 5.10 Å². The van der Waals surface area contributed by atoms with Gasteiger partial charge in [-0.2, -0.15) is 0 Å². The molecule has 1 aliphatic heterocycles. The van der Waals surface area contributed by atoms with Crippen molar-refractivity contribution in [2.24, 2.45) is 5.73 Å². The summed E-state index contributed by atoms with van der Waals surface area (Å²) in [6.07, 6.45) is 4.07. The first kappa shape index (κ1) is 16.1. The minimum absolute atomic E-state index is 0.0339. The van der Waals surface area contributed by atoms with Gasteiger partial charge in [-0.05, 0) is 49.9 Å². The highest BCUT2D eigenvalue weighted by molar-refractivity contribution is 5.29. The average molecular weight is 317 g/mol. The number of nitrogens with two attached hydrogens (primary N) is 1. The van der Waals surface area contributed by atoms with Crippen molar-refractivity contribution in [3.63, 3.8) is 0 Å². The number of likely N-dealkylation sites (tertiary alicyclic amines) is 1. The summed E-state index contributed by atoms with van der Waals surface area (Å²) in [6, 6.07) is 5.24. The third-order valence-electron chi connectivity index (χ3n) is 4.65.